The molecule has 2 atom stereocenters. The number of fused-ring (bicyclic) bond motifs is 1. The fourth-order valence-electron chi connectivity index (χ4n) is 2.58. The Bertz CT molecular complexity index is 326. The molecule has 3 rings (SSSR count). The normalized spacial score (nSPS) is 34.5. The number of rotatable bonds is 3. The van der Waals surface area contributed by atoms with Gasteiger partial charge in [-0.2, -0.15) is 0 Å². The third-order valence-corrected chi connectivity index (χ3v) is 5.01. The molecule has 0 spiro atoms. The van der Waals surface area contributed by atoms with Crippen LogP contribution in [-0.4, -0.2) is 6.04 Å². The number of nitrogens with one attached hydrogen (secondary N) is 1. The molecule has 1 aromatic heterocycles. The van der Waals surface area contributed by atoms with Gasteiger partial charge in [-0.15, -0.1) is 11.3 Å². The zero-order valence-corrected chi connectivity index (χ0v) is 10.4. The van der Waals surface area contributed by atoms with E-state index >= 15 is 0 Å². The summed E-state index contributed by atoms with van der Waals surface area (Å²) >= 11 is 5.27. The molecule has 0 bridgehead atoms. The summed E-state index contributed by atoms with van der Waals surface area (Å²) in [5.41, 5.74) is 1.42. The summed E-state index contributed by atoms with van der Waals surface area (Å²) in [6, 6.07) is 3.02. The van der Waals surface area contributed by atoms with Crippen molar-refractivity contribution in [2.45, 2.75) is 31.8 Å². The van der Waals surface area contributed by atoms with Crippen molar-refractivity contribution in [2.75, 3.05) is 0 Å². The van der Waals surface area contributed by atoms with Crippen LogP contribution < -0.4 is 5.32 Å². The van der Waals surface area contributed by atoms with E-state index in [9.17, 15) is 0 Å². The average molecular weight is 272 g/mol. The summed E-state index contributed by atoms with van der Waals surface area (Å²) in [5.74, 6) is 2.17. The van der Waals surface area contributed by atoms with Crippen molar-refractivity contribution in [1.82, 2.24) is 5.32 Å². The molecule has 76 valence electrons. The van der Waals surface area contributed by atoms with Crippen LogP contribution in [0.25, 0.3) is 0 Å². The lowest BCUT2D eigenvalue weighted by molar-refractivity contribution is 0.481. The number of hydrogen-bond acceptors (Lipinski definition) is 2. The Morgan fingerprint density at radius 2 is 2.14 bits per heavy atom. The van der Waals surface area contributed by atoms with E-state index in [1.807, 2.05) is 0 Å². The molecule has 1 aromatic rings. The van der Waals surface area contributed by atoms with Gasteiger partial charge in [0.15, 0.2) is 0 Å². The maximum Gasteiger partial charge on any atom is 0.0701 e. The first kappa shape index (κ1) is 9.37. The molecule has 3 heteroatoms. The Hall–Kier alpha value is 0.140. The molecule has 1 nitrogen and oxygen atoms in total. The van der Waals surface area contributed by atoms with Gasteiger partial charge in [0.05, 0.1) is 3.79 Å². The van der Waals surface area contributed by atoms with Crippen LogP contribution in [0.15, 0.2) is 15.2 Å². The molecule has 1 heterocycles. The predicted molar refractivity (Wildman–Crippen MR) is 63.5 cm³/mol. The lowest BCUT2D eigenvalue weighted by Crippen LogP contribution is -2.26. The fraction of sp³-hybridized carbons (Fsp3) is 0.636. The van der Waals surface area contributed by atoms with Gasteiger partial charge < -0.3 is 5.32 Å². The van der Waals surface area contributed by atoms with Crippen LogP contribution in [0, 0.1) is 11.8 Å². The number of thiophene rings is 1. The van der Waals surface area contributed by atoms with Gasteiger partial charge in [-0.05, 0) is 64.0 Å². The van der Waals surface area contributed by atoms with Gasteiger partial charge >= 0.3 is 0 Å². The molecule has 2 aliphatic rings. The minimum atomic E-state index is 0.803. The second-order valence-corrected chi connectivity index (χ2v) is 6.85. The van der Waals surface area contributed by atoms with E-state index in [0.717, 1.165) is 24.4 Å². The number of halogens is 1. The first-order valence-corrected chi connectivity index (χ1v) is 6.95. The van der Waals surface area contributed by atoms with E-state index in [4.69, 9.17) is 0 Å². The Balaban J connectivity index is 1.50. The summed E-state index contributed by atoms with van der Waals surface area (Å²) in [6.07, 6.45) is 4.37. The second kappa shape index (κ2) is 3.62. The Kier molecular flexibility index (Phi) is 2.42. The Morgan fingerprint density at radius 3 is 2.79 bits per heavy atom. The average Bonchev–Trinajstić information content (AvgIpc) is 2.63. The van der Waals surface area contributed by atoms with Crippen LogP contribution in [-0.2, 0) is 6.54 Å². The molecular weight excluding hydrogens is 258 g/mol. The molecule has 0 aliphatic heterocycles. The maximum atomic E-state index is 3.66. The quantitative estimate of drug-likeness (QED) is 0.889. The lowest BCUT2D eigenvalue weighted by Gasteiger charge is -2.12. The standard InChI is InChI=1S/C11H14BrNS/c12-11-1-7(6-14-11)5-13-10-3-8-2-9(8)4-10/h1,6,8-10,13H,2-5H2. The highest BCUT2D eigenvalue weighted by Gasteiger charge is 2.45. The zero-order chi connectivity index (χ0) is 9.54. The van der Waals surface area contributed by atoms with Gasteiger partial charge in [-0.3, -0.25) is 0 Å². The van der Waals surface area contributed by atoms with Crippen molar-refractivity contribution in [3.63, 3.8) is 0 Å². The van der Waals surface area contributed by atoms with Crippen LogP contribution >= 0.6 is 27.3 Å². The van der Waals surface area contributed by atoms with Crippen LogP contribution in [0.5, 0.6) is 0 Å². The van der Waals surface area contributed by atoms with Crippen LogP contribution in [0.3, 0.4) is 0 Å². The maximum absolute atomic E-state index is 3.66. The van der Waals surface area contributed by atoms with Crippen molar-refractivity contribution in [2.24, 2.45) is 11.8 Å². The fourth-order valence-corrected chi connectivity index (χ4v) is 3.79. The van der Waals surface area contributed by atoms with Gasteiger partial charge in [0.25, 0.3) is 0 Å². The predicted octanol–water partition coefficient (Wildman–Crippen LogP) is 3.40. The van der Waals surface area contributed by atoms with Crippen molar-refractivity contribution in [1.29, 1.82) is 0 Å². The Morgan fingerprint density at radius 1 is 1.36 bits per heavy atom. The van der Waals surface area contributed by atoms with E-state index in [2.05, 4.69) is 32.7 Å². The van der Waals surface area contributed by atoms with Crippen LogP contribution in [0.4, 0.5) is 0 Å². The van der Waals surface area contributed by atoms with E-state index in [1.54, 1.807) is 11.3 Å². The van der Waals surface area contributed by atoms with Gasteiger partial charge in [0.2, 0.25) is 0 Å². The molecule has 2 fully saturated rings. The molecule has 0 saturated heterocycles. The van der Waals surface area contributed by atoms with E-state index in [1.165, 1.54) is 28.6 Å². The van der Waals surface area contributed by atoms with Gasteiger partial charge in [-0.1, -0.05) is 0 Å². The van der Waals surface area contributed by atoms with Crippen molar-refractivity contribution >= 4 is 27.3 Å². The summed E-state index contributed by atoms with van der Waals surface area (Å²) in [5, 5.41) is 5.89. The highest BCUT2D eigenvalue weighted by molar-refractivity contribution is 9.11. The first-order chi connectivity index (χ1) is 6.81. The molecule has 0 amide bonds. The molecule has 2 saturated carbocycles. The van der Waals surface area contributed by atoms with Gasteiger partial charge in [0.1, 0.15) is 0 Å². The summed E-state index contributed by atoms with van der Waals surface area (Å²) < 4.78 is 1.24. The number of hydrogen-bond donors (Lipinski definition) is 1. The van der Waals surface area contributed by atoms with Crippen LogP contribution in [0.2, 0.25) is 0 Å². The molecule has 0 radical (unpaired) electrons. The van der Waals surface area contributed by atoms with Gasteiger partial charge in [0, 0.05) is 12.6 Å². The second-order valence-electron chi connectivity index (χ2n) is 4.56. The van der Waals surface area contributed by atoms with Crippen molar-refractivity contribution in [3.8, 4) is 0 Å². The largest absolute Gasteiger partial charge is 0.310 e. The van der Waals surface area contributed by atoms with Crippen molar-refractivity contribution in [3.05, 3.63) is 20.8 Å². The third-order valence-electron chi connectivity index (χ3n) is 3.46. The topological polar surface area (TPSA) is 12.0 Å². The van der Waals surface area contributed by atoms with Gasteiger partial charge in [-0.25, -0.2) is 0 Å². The Labute approximate surface area is 97.0 Å². The van der Waals surface area contributed by atoms with E-state index < -0.39 is 0 Å². The molecule has 2 aliphatic carbocycles. The summed E-state index contributed by atoms with van der Waals surface area (Å²) in [4.78, 5) is 0. The third kappa shape index (κ3) is 1.90. The minimum absolute atomic E-state index is 0.803. The minimum Gasteiger partial charge on any atom is -0.310 e. The molecule has 1 N–H and O–H groups in total. The highest BCUT2D eigenvalue weighted by Crippen LogP contribution is 2.51. The molecule has 0 aromatic carbocycles. The lowest BCUT2D eigenvalue weighted by atomic mass is 10.1. The monoisotopic (exact) mass is 271 g/mol. The first-order valence-electron chi connectivity index (χ1n) is 5.27. The summed E-state index contributed by atoms with van der Waals surface area (Å²) in [7, 11) is 0. The van der Waals surface area contributed by atoms with Crippen molar-refractivity contribution < 1.29 is 0 Å². The zero-order valence-electron chi connectivity index (χ0n) is 8.00. The van der Waals surface area contributed by atoms with Crippen LogP contribution in [0.1, 0.15) is 24.8 Å². The van der Waals surface area contributed by atoms with E-state index in [0.29, 0.717) is 0 Å². The molecular formula is C11H14BrNS. The highest BCUT2D eigenvalue weighted by atomic mass is 79.9. The molecule has 2 unspecified atom stereocenters. The SMILES string of the molecule is Brc1cc(CNC2CC3CC3C2)cs1. The smallest absolute Gasteiger partial charge is 0.0701 e. The van der Waals surface area contributed by atoms with E-state index in [-0.39, 0.29) is 0 Å². The molecule has 14 heavy (non-hydrogen) atoms. The summed E-state index contributed by atoms with van der Waals surface area (Å²) in [6.45, 7) is 1.05.